The molecular formula is C19H18F3N3O3. The van der Waals surface area contributed by atoms with Crippen molar-refractivity contribution >= 4 is 11.7 Å². The number of aromatic nitrogens is 1. The van der Waals surface area contributed by atoms with Crippen LogP contribution in [-0.2, 0) is 11.3 Å². The first-order valence-electron chi connectivity index (χ1n) is 8.79. The lowest BCUT2D eigenvalue weighted by molar-refractivity contribution is -0.274. The van der Waals surface area contributed by atoms with Gasteiger partial charge in [0.2, 0.25) is 0 Å². The van der Waals surface area contributed by atoms with Crippen molar-refractivity contribution in [1.29, 1.82) is 0 Å². The van der Waals surface area contributed by atoms with Crippen LogP contribution in [0.25, 0.3) is 0 Å². The van der Waals surface area contributed by atoms with Crippen molar-refractivity contribution in [2.75, 3.05) is 25.1 Å². The molecule has 0 unspecified atom stereocenters. The van der Waals surface area contributed by atoms with E-state index in [0.29, 0.717) is 30.2 Å². The van der Waals surface area contributed by atoms with Gasteiger partial charge in [0.25, 0.3) is 5.91 Å². The molecule has 1 aromatic heterocycles. The summed E-state index contributed by atoms with van der Waals surface area (Å²) >= 11 is 0. The molecular weight excluding hydrogens is 375 g/mol. The van der Waals surface area contributed by atoms with E-state index >= 15 is 0 Å². The van der Waals surface area contributed by atoms with Gasteiger partial charge < -0.3 is 19.7 Å². The lowest BCUT2D eigenvalue weighted by atomic mass is 9.82. The Morgan fingerprint density at radius 1 is 1.29 bits per heavy atom. The number of anilines is 1. The average molecular weight is 393 g/mol. The van der Waals surface area contributed by atoms with Crippen LogP contribution in [0.4, 0.5) is 19.0 Å². The standard InChI is InChI=1S/C19H18F3N3O3/c20-19(21,22)28-15-3-1-2-13(8-15)9-23-16-5-4-14(10-24-16)17(26)25-7-6-18(25)11-27-12-18/h1-5,8,10H,6-7,9,11-12H2,(H,23,24). The van der Waals surface area contributed by atoms with Gasteiger partial charge in [-0.1, -0.05) is 12.1 Å². The van der Waals surface area contributed by atoms with Crippen LogP contribution in [0.1, 0.15) is 22.3 Å². The molecule has 1 amide bonds. The van der Waals surface area contributed by atoms with E-state index in [4.69, 9.17) is 4.74 Å². The van der Waals surface area contributed by atoms with Crippen LogP contribution in [0.5, 0.6) is 5.75 Å². The van der Waals surface area contributed by atoms with Crippen molar-refractivity contribution in [2.45, 2.75) is 24.9 Å². The number of carbonyl (C=O) groups excluding carboxylic acids is 1. The van der Waals surface area contributed by atoms with Gasteiger partial charge in [-0.05, 0) is 36.2 Å². The smallest absolute Gasteiger partial charge is 0.406 e. The molecule has 0 aliphatic carbocycles. The Morgan fingerprint density at radius 3 is 2.68 bits per heavy atom. The minimum Gasteiger partial charge on any atom is -0.406 e. The number of halogens is 3. The summed E-state index contributed by atoms with van der Waals surface area (Å²) in [5.41, 5.74) is 0.977. The molecule has 28 heavy (non-hydrogen) atoms. The van der Waals surface area contributed by atoms with E-state index in [1.165, 1.54) is 24.4 Å². The summed E-state index contributed by atoms with van der Waals surface area (Å²) in [5.74, 6) is 0.179. The summed E-state index contributed by atoms with van der Waals surface area (Å²) in [4.78, 5) is 18.6. The molecule has 2 aliphatic heterocycles. The normalized spacial score (nSPS) is 17.6. The van der Waals surface area contributed by atoms with E-state index < -0.39 is 6.36 Å². The number of nitrogens with one attached hydrogen (secondary N) is 1. The number of benzene rings is 1. The molecule has 148 valence electrons. The first kappa shape index (κ1) is 18.5. The van der Waals surface area contributed by atoms with Crippen molar-refractivity contribution in [3.63, 3.8) is 0 Å². The average Bonchev–Trinajstić information content (AvgIpc) is 2.57. The molecule has 0 atom stereocenters. The van der Waals surface area contributed by atoms with Crippen molar-refractivity contribution in [2.24, 2.45) is 0 Å². The molecule has 2 aromatic rings. The predicted octanol–water partition coefficient (Wildman–Crippen LogP) is 3.21. The number of hydrogen-bond donors (Lipinski definition) is 1. The van der Waals surface area contributed by atoms with Gasteiger partial charge in [0.1, 0.15) is 11.6 Å². The molecule has 3 heterocycles. The maximum absolute atomic E-state index is 12.6. The molecule has 9 heteroatoms. The first-order chi connectivity index (χ1) is 13.3. The molecule has 2 fully saturated rings. The van der Waals surface area contributed by atoms with Crippen LogP contribution in [0.15, 0.2) is 42.6 Å². The van der Waals surface area contributed by atoms with E-state index in [2.05, 4.69) is 15.0 Å². The number of pyridine rings is 1. The van der Waals surface area contributed by atoms with E-state index in [1.54, 1.807) is 18.2 Å². The SMILES string of the molecule is O=C(c1ccc(NCc2cccc(OC(F)(F)F)c2)nc1)N1CCC12COC2. The van der Waals surface area contributed by atoms with E-state index in [1.807, 2.05) is 4.90 Å². The third kappa shape index (κ3) is 3.75. The fraction of sp³-hybridized carbons (Fsp3) is 0.368. The molecule has 0 bridgehead atoms. The molecule has 6 nitrogen and oxygen atoms in total. The third-order valence-electron chi connectivity index (χ3n) is 4.98. The Kier molecular flexibility index (Phi) is 4.62. The van der Waals surface area contributed by atoms with E-state index in [0.717, 1.165) is 13.0 Å². The maximum atomic E-state index is 12.6. The second-order valence-corrected chi connectivity index (χ2v) is 6.90. The largest absolute Gasteiger partial charge is 0.573 e. The highest BCUT2D eigenvalue weighted by Crippen LogP contribution is 2.38. The lowest BCUT2D eigenvalue weighted by Gasteiger charge is -2.57. The fourth-order valence-electron chi connectivity index (χ4n) is 3.32. The fourth-order valence-corrected chi connectivity index (χ4v) is 3.32. The number of carbonyl (C=O) groups is 1. The quantitative estimate of drug-likeness (QED) is 0.845. The third-order valence-corrected chi connectivity index (χ3v) is 4.98. The zero-order valence-corrected chi connectivity index (χ0v) is 14.8. The van der Waals surface area contributed by atoms with Gasteiger partial charge in [0, 0.05) is 19.3 Å². The highest BCUT2D eigenvalue weighted by molar-refractivity contribution is 5.95. The molecule has 0 radical (unpaired) electrons. The van der Waals surface area contributed by atoms with Crippen molar-refractivity contribution in [3.8, 4) is 5.75 Å². The number of likely N-dealkylation sites (tertiary alicyclic amines) is 1. The highest BCUT2D eigenvalue weighted by Gasteiger charge is 2.53. The predicted molar refractivity (Wildman–Crippen MR) is 93.9 cm³/mol. The zero-order valence-electron chi connectivity index (χ0n) is 14.8. The molecule has 1 spiro atoms. The molecule has 2 saturated heterocycles. The number of hydrogen-bond acceptors (Lipinski definition) is 5. The summed E-state index contributed by atoms with van der Waals surface area (Å²) < 4.78 is 46.1. The molecule has 1 aromatic carbocycles. The number of ether oxygens (including phenoxy) is 2. The lowest BCUT2D eigenvalue weighted by Crippen LogP contribution is -2.72. The van der Waals surface area contributed by atoms with Crippen molar-refractivity contribution in [1.82, 2.24) is 9.88 Å². The second kappa shape index (κ2) is 6.97. The van der Waals surface area contributed by atoms with Gasteiger partial charge >= 0.3 is 6.36 Å². The van der Waals surface area contributed by atoms with Gasteiger partial charge in [0.15, 0.2) is 0 Å². The molecule has 0 saturated carbocycles. The summed E-state index contributed by atoms with van der Waals surface area (Å²) in [6.07, 6.45) is -2.26. The number of rotatable bonds is 5. The van der Waals surface area contributed by atoms with E-state index in [9.17, 15) is 18.0 Å². The number of alkyl halides is 3. The minimum atomic E-state index is -4.73. The van der Waals surface area contributed by atoms with Crippen LogP contribution in [0.3, 0.4) is 0 Å². The van der Waals surface area contributed by atoms with E-state index in [-0.39, 0.29) is 23.7 Å². The minimum absolute atomic E-state index is 0.0643. The Labute approximate surface area is 159 Å². The monoisotopic (exact) mass is 393 g/mol. The summed E-state index contributed by atoms with van der Waals surface area (Å²) in [6.45, 7) is 2.16. The number of amides is 1. The van der Waals surface area contributed by atoms with Gasteiger partial charge in [-0.3, -0.25) is 4.79 Å². The zero-order chi connectivity index (χ0) is 19.8. The van der Waals surface area contributed by atoms with Crippen LogP contribution in [0.2, 0.25) is 0 Å². The van der Waals surface area contributed by atoms with Gasteiger partial charge in [0.05, 0.1) is 24.3 Å². The number of nitrogens with zero attached hydrogens (tertiary/aromatic N) is 2. The van der Waals surface area contributed by atoms with Gasteiger partial charge in [-0.2, -0.15) is 0 Å². The maximum Gasteiger partial charge on any atom is 0.573 e. The van der Waals surface area contributed by atoms with Crippen LogP contribution in [-0.4, -0.2) is 47.5 Å². The Bertz CT molecular complexity index is 861. The summed E-state index contributed by atoms with van der Waals surface area (Å²) in [7, 11) is 0. The summed E-state index contributed by atoms with van der Waals surface area (Å²) in [6, 6.07) is 9.08. The Balaban J connectivity index is 1.35. The van der Waals surface area contributed by atoms with Crippen molar-refractivity contribution < 1.29 is 27.4 Å². The topological polar surface area (TPSA) is 63.7 Å². The first-order valence-corrected chi connectivity index (χ1v) is 8.79. The molecule has 2 aliphatic rings. The Hall–Kier alpha value is -2.81. The summed E-state index contributed by atoms with van der Waals surface area (Å²) in [5, 5.41) is 3.02. The van der Waals surface area contributed by atoms with Gasteiger partial charge in [-0.25, -0.2) is 4.98 Å². The second-order valence-electron chi connectivity index (χ2n) is 6.90. The molecule has 1 N–H and O–H groups in total. The van der Waals surface area contributed by atoms with Gasteiger partial charge in [-0.15, -0.1) is 13.2 Å². The highest BCUT2D eigenvalue weighted by atomic mass is 19.4. The van der Waals surface area contributed by atoms with Crippen LogP contribution in [0, 0.1) is 0 Å². The Morgan fingerprint density at radius 2 is 2.11 bits per heavy atom. The van der Waals surface area contributed by atoms with Crippen LogP contribution < -0.4 is 10.1 Å². The van der Waals surface area contributed by atoms with Crippen molar-refractivity contribution in [3.05, 3.63) is 53.7 Å². The van der Waals surface area contributed by atoms with Crippen LogP contribution >= 0.6 is 0 Å². The molecule has 4 rings (SSSR count).